The maximum absolute atomic E-state index is 11.9. The molecule has 1 aliphatic heterocycles. The average Bonchev–Trinajstić information content (AvgIpc) is 2.59. The van der Waals surface area contributed by atoms with Crippen molar-refractivity contribution in [1.29, 1.82) is 0 Å². The zero-order valence-corrected chi connectivity index (χ0v) is 15.2. The van der Waals surface area contributed by atoms with Gasteiger partial charge in [0.15, 0.2) is 6.04 Å². The molecule has 2 aromatic carbocycles. The molecule has 1 amide bonds. The quantitative estimate of drug-likeness (QED) is 0.838. The minimum atomic E-state index is -1.12. The Morgan fingerprint density at radius 3 is 2.12 bits per heavy atom. The van der Waals surface area contributed by atoms with Gasteiger partial charge in [-0.25, -0.2) is 9.59 Å². The lowest BCUT2D eigenvalue weighted by Crippen LogP contribution is -2.65. The summed E-state index contributed by atoms with van der Waals surface area (Å²) in [5, 5.41) is 9.62. The van der Waals surface area contributed by atoms with E-state index < -0.39 is 24.2 Å². The van der Waals surface area contributed by atoms with Crippen LogP contribution in [0.4, 0.5) is 4.79 Å². The van der Waals surface area contributed by atoms with Crippen molar-refractivity contribution in [2.45, 2.75) is 39.5 Å². The fraction of sp³-hybridized carbons (Fsp3) is 0.333. The molecule has 0 spiro atoms. The highest BCUT2D eigenvalue weighted by molar-refractivity contribution is 5.86. The molecule has 5 heteroatoms. The second kappa shape index (κ2) is 6.83. The summed E-state index contributed by atoms with van der Waals surface area (Å²) < 4.78 is 5.22. The number of carboxylic acid groups (broad SMARTS) is 1. The Bertz CT molecular complexity index is 793. The van der Waals surface area contributed by atoms with E-state index in [1.165, 1.54) is 4.90 Å². The summed E-state index contributed by atoms with van der Waals surface area (Å²) in [5.41, 5.74) is 2.68. The lowest BCUT2D eigenvalue weighted by atomic mass is 9.80. The van der Waals surface area contributed by atoms with E-state index in [-0.39, 0.29) is 12.0 Å². The van der Waals surface area contributed by atoms with Crippen molar-refractivity contribution in [2.24, 2.45) is 5.41 Å². The SMILES string of the molecule is CC(C)(C)[C@H]1OC(=O)[C@@H]1N(Cc1ccc(-c2ccccc2)cc1)C(=O)O. The first-order valence-corrected chi connectivity index (χ1v) is 8.62. The van der Waals surface area contributed by atoms with Gasteiger partial charge in [0.2, 0.25) is 0 Å². The van der Waals surface area contributed by atoms with Crippen molar-refractivity contribution in [2.75, 3.05) is 0 Å². The maximum Gasteiger partial charge on any atom is 0.408 e. The van der Waals surface area contributed by atoms with Crippen LogP contribution in [0.15, 0.2) is 54.6 Å². The molecule has 1 fully saturated rings. The number of esters is 1. The number of hydrogen-bond donors (Lipinski definition) is 1. The van der Waals surface area contributed by atoms with Gasteiger partial charge in [0, 0.05) is 5.41 Å². The van der Waals surface area contributed by atoms with Crippen LogP contribution in [-0.2, 0) is 16.1 Å². The van der Waals surface area contributed by atoms with Gasteiger partial charge >= 0.3 is 12.1 Å². The molecule has 1 aliphatic rings. The Labute approximate surface area is 153 Å². The number of nitrogens with zero attached hydrogens (tertiary/aromatic N) is 1. The van der Waals surface area contributed by atoms with Crippen molar-refractivity contribution in [3.63, 3.8) is 0 Å². The van der Waals surface area contributed by atoms with Crippen molar-refractivity contribution >= 4 is 12.1 Å². The van der Waals surface area contributed by atoms with Crippen molar-refractivity contribution in [3.05, 3.63) is 60.2 Å². The third-order valence-electron chi connectivity index (χ3n) is 4.62. The maximum atomic E-state index is 11.9. The van der Waals surface area contributed by atoms with Crippen LogP contribution in [0.5, 0.6) is 0 Å². The predicted octanol–water partition coefficient (Wildman–Crippen LogP) is 4.17. The van der Waals surface area contributed by atoms with Gasteiger partial charge in [-0.15, -0.1) is 0 Å². The second-order valence-corrected chi connectivity index (χ2v) is 7.64. The fourth-order valence-corrected chi connectivity index (χ4v) is 3.17. The third kappa shape index (κ3) is 3.57. The Morgan fingerprint density at radius 2 is 1.62 bits per heavy atom. The van der Waals surface area contributed by atoms with Crippen LogP contribution >= 0.6 is 0 Å². The van der Waals surface area contributed by atoms with E-state index in [4.69, 9.17) is 4.74 Å². The Morgan fingerprint density at radius 1 is 1.04 bits per heavy atom. The zero-order valence-electron chi connectivity index (χ0n) is 15.2. The number of carbonyl (C=O) groups is 2. The Kier molecular flexibility index (Phi) is 4.72. The summed E-state index contributed by atoms with van der Waals surface area (Å²) >= 11 is 0. The lowest BCUT2D eigenvalue weighted by Gasteiger charge is -2.46. The standard InChI is InChI=1S/C21H23NO4/c1-21(2,3)18-17(19(23)26-18)22(20(24)25)13-14-9-11-16(12-10-14)15-7-5-4-6-8-15/h4-12,17-18H,13H2,1-3H3,(H,24,25)/t17-,18+/m1/s1. The van der Waals surface area contributed by atoms with E-state index in [1.807, 2.05) is 75.4 Å². The third-order valence-corrected chi connectivity index (χ3v) is 4.62. The zero-order chi connectivity index (χ0) is 18.9. The fourth-order valence-electron chi connectivity index (χ4n) is 3.17. The molecule has 5 nitrogen and oxygen atoms in total. The molecule has 3 rings (SSSR count). The summed E-state index contributed by atoms with van der Waals surface area (Å²) in [7, 11) is 0. The van der Waals surface area contributed by atoms with Crippen LogP contribution in [0.25, 0.3) is 11.1 Å². The molecule has 1 N–H and O–H groups in total. The number of benzene rings is 2. The van der Waals surface area contributed by atoms with Gasteiger partial charge in [-0.2, -0.15) is 0 Å². The van der Waals surface area contributed by atoms with Crippen molar-refractivity contribution in [3.8, 4) is 11.1 Å². The second-order valence-electron chi connectivity index (χ2n) is 7.64. The molecule has 0 radical (unpaired) electrons. The van der Waals surface area contributed by atoms with Gasteiger partial charge in [0.05, 0.1) is 6.54 Å². The van der Waals surface area contributed by atoms with E-state index in [9.17, 15) is 14.7 Å². The predicted molar refractivity (Wildman–Crippen MR) is 98.6 cm³/mol. The van der Waals surface area contributed by atoms with Crippen molar-refractivity contribution in [1.82, 2.24) is 4.90 Å². The minimum absolute atomic E-state index is 0.150. The number of amides is 1. The number of carbonyl (C=O) groups excluding carboxylic acids is 1. The molecule has 26 heavy (non-hydrogen) atoms. The number of cyclic esters (lactones) is 1. The largest absolute Gasteiger partial charge is 0.465 e. The van der Waals surface area contributed by atoms with E-state index in [0.717, 1.165) is 16.7 Å². The number of ether oxygens (including phenoxy) is 1. The smallest absolute Gasteiger partial charge is 0.408 e. The number of hydrogen-bond acceptors (Lipinski definition) is 3. The molecular formula is C21H23NO4. The van der Waals surface area contributed by atoms with Gasteiger partial charge in [-0.3, -0.25) is 4.90 Å². The van der Waals surface area contributed by atoms with Gasteiger partial charge < -0.3 is 9.84 Å². The van der Waals surface area contributed by atoms with E-state index in [1.54, 1.807) is 0 Å². The topological polar surface area (TPSA) is 66.8 Å². The van der Waals surface area contributed by atoms with Crippen LogP contribution in [-0.4, -0.2) is 34.2 Å². The Hall–Kier alpha value is -2.82. The summed E-state index contributed by atoms with van der Waals surface area (Å²) in [4.78, 5) is 24.9. The van der Waals surface area contributed by atoms with Crippen molar-refractivity contribution < 1.29 is 19.4 Å². The summed E-state index contributed by atoms with van der Waals surface area (Å²) in [6, 6.07) is 16.9. The van der Waals surface area contributed by atoms with Crippen LogP contribution in [0.2, 0.25) is 0 Å². The monoisotopic (exact) mass is 353 g/mol. The van der Waals surface area contributed by atoms with Gasteiger partial charge in [0.1, 0.15) is 6.10 Å². The van der Waals surface area contributed by atoms with E-state index in [2.05, 4.69) is 0 Å². The first-order valence-electron chi connectivity index (χ1n) is 8.62. The first-order chi connectivity index (χ1) is 12.3. The van der Waals surface area contributed by atoms with Crippen LogP contribution < -0.4 is 0 Å². The highest BCUT2D eigenvalue weighted by Gasteiger charge is 2.53. The number of rotatable bonds is 4. The van der Waals surface area contributed by atoms with E-state index in [0.29, 0.717) is 0 Å². The molecule has 0 saturated carbocycles. The highest BCUT2D eigenvalue weighted by Crippen LogP contribution is 2.36. The molecule has 1 saturated heterocycles. The molecule has 0 bridgehead atoms. The molecule has 136 valence electrons. The summed E-state index contributed by atoms with van der Waals surface area (Å²) in [6.07, 6.45) is -1.55. The van der Waals surface area contributed by atoms with Crippen LogP contribution in [0.3, 0.4) is 0 Å². The highest BCUT2D eigenvalue weighted by atomic mass is 16.6. The minimum Gasteiger partial charge on any atom is -0.465 e. The normalized spacial score (nSPS) is 19.4. The molecule has 2 atom stereocenters. The first kappa shape index (κ1) is 18.0. The van der Waals surface area contributed by atoms with Crippen LogP contribution in [0.1, 0.15) is 26.3 Å². The summed E-state index contributed by atoms with van der Waals surface area (Å²) in [5.74, 6) is -0.478. The average molecular weight is 353 g/mol. The lowest BCUT2D eigenvalue weighted by molar-refractivity contribution is -0.200. The molecule has 0 unspecified atom stereocenters. The molecule has 2 aromatic rings. The summed E-state index contributed by atoms with van der Waals surface area (Å²) in [6.45, 7) is 5.96. The Balaban J connectivity index is 1.79. The molecule has 0 aliphatic carbocycles. The van der Waals surface area contributed by atoms with E-state index >= 15 is 0 Å². The van der Waals surface area contributed by atoms with Crippen LogP contribution in [0, 0.1) is 5.41 Å². The molecular weight excluding hydrogens is 330 g/mol. The van der Waals surface area contributed by atoms with Gasteiger partial charge in [0.25, 0.3) is 0 Å². The molecule has 1 heterocycles. The molecule has 0 aromatic heterocycles. The van der Waals surface area contributed by atoms with Gasteiger partial charge in [-0.05, 0) is 16.7 Å². The van der Waals surface area contributed by atoms with Gasteiger partial charge in [-0.1, -0.05) is 75.4 Å².